The Bertz CT molecular complexity index is 1400. The first-order valence-electron chi connectivity index (χ1n) is 12.1. The van der Waals surface area contributed by atoms with Crippen molar-refractivity contribution < 1.29 is 22.7 Å². The first-order chi connectivity index (χ1) is 18.3. The number of nitrogens with zero attached hydrogens (tertiary/aromatic N) is 7. The van der Waals surface area contributed by atoms with Gasteiger partial charge in [0.25, 0.3) is 7.41 Å². The molecule has 0 unspecified atom stereocenters. The number of hydrogen-bond donors (Lipinski definition) is 0. The van der Waals surface area contributed by atoms with Gasteiger partial charge in [-0.05, 0) is 68.4 Å². The van der Waals surface area contributed by atoms with Gasteiger partial charge in [-0.1, -0.05) is 11.3 Å². The van der Waals surface area contributed by atoms with Gasteiger partial charge in [0.1, 0.15) is 12.4 Å². The molecule has 1 aliphatic rings. The van der Waals surface area contributed by atoms with E-state index in [9.17, 15) is 18.0 Å². The van der Waals surface area contributed by atoms with Crippen molar-refractivity contribution in [1.82, 2.24) is 34.6 Å². The van der Waals surface area contributed by atoms with Crippen LogP contribution in [-0.4, -0.2) is 61.3 Å². The SMILES string of the molecule is Cn1c(COc2cccc(C(F)(F)F)c2)nnc1-c1ccc(-n2cc(C3CCN([B]C=O)CC3)nn2)cc1. The molecular weight excluding hydrogens is 498 g/mol. The van der Waals surface area contributed by atoms with Crippen LogP contribution in [0.15, 0.2) is 54.7 Å². The summed E-state index contributed by atoms with van der Waals surface area (Å²) < 4.78 is 47.8. The van der Waals surface area contributed by atoms with E-state index < -0.39 is 11.7 Å². The van der Waals surface area contributed by atoms with E-state index in [1.807, 2.05) is 35.3 Å². The zero-order valence-corrected chi connectivity index (χ0v) is 20.5. The summed E-state index contributed by atoms with van der Waals surface area (Å²) in [4.78, 5) is 12.7. The van der Waals surface area contributed by atoms with E-state index in [1.165, 1.54) is 12.1 Å². The number of alkyl halides is 3. The van der Waals surface area contributed by atoms with Gasteiger partial charge in [-0.2, -0.15) is 13.2 Å². The number of piperidine rings is 1. The number of halogens is 3. The highest BCUT2D eigenvalue weighted by Gasteiger charge is 2.30. The zero-order valence-electron chi connectivity index (χ0n) is 20.5. The van der Waals surface area contributed by atoms with Gasteiger partial charge >= 0.3 is 6.18 Å². The monoisotopic (exact) mass is 522 g/mol. The van der Waals surface area contributed by atoms with Gasteiger partial charge in [0.15, 0.2) is 11.6 Å². The van der Waals surface area contributed by atoms with Crippen molar-refractivity contribution in [3.8, 4) is 22.8 Å². The maximum absolute atomic E-state index is 12.9. The van der Waals surface area contributed by atoms with E-state index in [4.69, 9.17) is 4.74 Å². The van der Waals surface area contributed by atoms with E-state index in [0.717, 1.165) is 61.2 Å². The Hall–Kier alpha value is -4.00. The van der Waals surface area contributed by atoms with Crippen LogP contribution in [0.25, 0.3) is 17.1 Å². The van der Waals surface area contributed by atoms with Crippen LogP contribution in [0.3, 0.4) is 0 Å². The number of hydrogen-bond acceptors (Lipinski definition) is 7. The number of carbonyl (C=O) groups is 1. The highest BCUT2D eigenvalue weighted by atomic mass is 19.4. The molecule has 2 aromatic heterocycles. The van der Waals surface area contributed by atoms with E-state index in [2.05, 4.69) is 20.5 Å². The minimum atomic E-state index is -4.44. The summed E-state index contributed by atoms with van der Waals surface area (Å²) in [6.07, 6.45) is 0.133. The maximum atomic E-state index is 12.9. The van der Waals surface area contributed by atoms with Crippen molar-refractivity contribution in [1.29, 1.82) is 0 Å². The third kappa shape index (κ3) is 5.62. The van der Waals surface area contributed by atoms with Gasteiger partial charge in [0, 0.05) is 18.5 Å². The van der Waals surface area contributed by atoms with Crippen LogP contribution in [0.5, 0.6) is 5.75 Å². The predicted molar refractivity (Wildman–Crippen MR) is 133 cm³/mol. The molecule has 4 aromatic rings. The van der Waals surface area contributed by atoms with Gasteiger partial charge in [0.2, 0.25) is 0 Å². The average Bonchev–Trinajstić information content (AvgIpc) is 3.55. The lowest BCUT2D eigenvalue weighted by molar-refractivity contribution is -0.137. The molecule has 195 valence electrons. The van der Waals surface area contributed by atoms with E-state index in [1.54, 1.807) is 23.7 Å². The van der Waals surface area contributed by atoms with Crippen LogP contribution < -0.4 is 4.74 Å². The third-order valence-corrected chi connectivity index (χ3v) is 6.61. The molecule has 2 aromatic carbocycles. The molecule has 0 bridgehead atoms. The largest absolute Gasteiger partial charge is 0.486 e. The maximum Gasteiger partial charge on any atom is 0.416 e. The Balaban J connectivity index is 1.23. The molecule has 5 rings (SSSR count). The first kappa shape index (κ1) is 25.6. The quantitative estimate of drug-likeness (QED) is 0.258. The fourth-order valence-corrected chi connectivity index (χ4v) is 4.43. The number of rotatable bonds is 8. The molecular formula is C25H24BF3N7O2. The van der Waals surface area contributed by atoms with Crippen molar-refractivity contribution in [3.05, 3.63) is 71.8 Å². The number of benzene rings is 2. The number of carbonyl (C=O) groups excluding carboxylic acids is 1. The predicted octanol–water partition coefficient (Wildman–Crippen LogP) is 3.65. The summed E-state index contributed by atoms with van der Waals surface area (Å²) in [7, 11) is 3.36. The molecule has 0 aliphatic carbocycles. The summed E-state index contributed by atoms with van der Waals surface area (Å²) >= 11 is 0. The van der Waals surface area contributed by atoms with Crippen LogP contribution in [0, 0.1) is 0 Å². The molecule has 0 spiro atoms. The Morgan fingerprint density at radius 1 is 1.08 bits per heavy atom. The van der Waals surface area contributed by atoms with Gasteiger partial charge in [-0.3, -0.25) is 0 Å². The van der Waals surface area contributed by atoms with Crippen LogP contribution in [0.1, 0.15) is 35.8 Å². The van der Waals surface area contributed by atoms with Crippen LogP contribution in [0.2, 0.25) is 0 Å². The zero-order chi connectivity index (χ0) is 26.7. The normalized spacial score (nSPS) is 14.9. The molecule has 1 aliphatic heterocycles. The molecule has 9 nitrogen and oxygen atoms in total. The summed E-state index contributed by atoms with van der Waals surface area (Å²) in [6, 6.07) is 12.3. The second-order valence-corrected chi connectivity index (χ2v) is 9.04. The molecule has 0 atom stereocenters. The Kier molecular flexibility index (Phi) is 7.27. The molecule has 13 heteroatoms. The molecule has 0 N–H and O–H groups in total. The molecule has 3 heterocycles. The Morgan fingerprint density at radius 3 is 2.55 bits per heavy atom. The Morgan fingerprint density at radius 2 is 1.84 bits per heavy atom. The Labute approximate surface area is 217 Å². The van der Waals surface area contributed by atoms with Crippen LogP contribution in [0.4, 0.5) is 13.2 Å². The minimum Gasteiger partial charge on any atom is -0.486 e. The lowest BCUT2D eigenvalue weighted by atomic mass is 9.86. The van der Waals surface area contributed by atoms with Crippen molar-refractivity contribution in [3.63, 3.8) is 0 Å². The van der Waals surface area contributed by atoms with Gasteiger partial charge in [0.05, 0.1) is 29.3 Å². The van der Waals surface area contributed by atoms with Crippen molar-refractivity contribution in [2.45, 2.75) is 31.5 Å². The summed E-state index contributed by atoms with van der Waals surface area (Å²) in [5.41, 5.74) is 1.81. The fraction of sp³-hybridized carbons (Fsp3) is 0.320. The van der Waals surface area contributed by atoms with Gasteiger partial charge in [-0.25, -0.2) is 4.68 Å². The van der Waals surface area contributed by atoms with Crippen molar-refractivity contribution >= 4 is 13.6 Å². The van der Waals surface area contributed by atoms with Crippen molar-refractivity contribution in [2.24, 2.45) is 7.05 Å². The van der Waals surface area contributed by atoms with Gasteiger partial charge < -0.3 is 18.9 Å². The van der Waals surface area contributed by atoms with E-state index in [-0.39, 0.29) is 12.4 Å². The fourth-order valence-electron chi connectivity index (χ4n) is 4.43. The van der Waals surface area contributed by atoms with Gasteiger partial charge in [-0.15, -0.1) is 15.3 Å². The highest BCUT2D eigenvalue weighted by molar-refractivity contribution is 6.64. The lowest BCUT2D eigenvalue weighted by Crippen LogP contribution is -2.36. The summed E-state index contributed by atoms with van der Waals surface area (Å²) in [6.45, 7) is 1.60. The molecule has 1 fully saturated rings. The van der Waals surface area contributed by atoms with Crippen LogP contribution >= 0.6 is 0 Å². The molecule has 38 heavy (non-hydrogen) atoms. The van der Waals surface area contributed by atoms with Crippen molar-refractivity contribution in [2.75, 3.05) is 13.1 Å². The average molecular weight is 522 g/mol. The first-order valence-corrected chi connectivity index (χ1v) is 12.1. The topological polar surface area (TPSA) is 91.0 Å². The molecule has 1 radical (unpaired) electrons. The second-order valence-electron chi connectivity index (χ2n) is 9.04. The summed E-state index contributed by atoms with van der Waals surface area (Å²) in [5, 5.41) is 17.0. The van der Waals surface area contributed by atoms with Crippen LogP contribution in [-0.2, 0) is 24.6 Å². The lowest BCUT2D eigenvalue weighted by Gasteiger charge is -2.29. The number of ether oxygens (including phenoxy) is 1. The molecule has 0 amide bonds. The minimum absolute atomic E-state index is 0.0310. The molecule has 1 saturated heterocycles. The van der Waals surface area contributed by atoms with E-state index in [0.29, 0.717) is 17.6 Å². The smallest absolute Gasteiger partial charge is 0.416 e. The molecule has 0 saturated carbocycles. The van der Waals surface area contributed by atoms with E-state index >= 15 is 0 Å². The summed E-state index contributed by atoms with van der Waals surface area (Å²) in [5.74, 6) is 1.47. The third-order valence-electron chi connectivity index (χ3n) is 6.61. The number of aromatic nitrogens is 6. The standard InChI is InChI=1S/C25H24BF3N7O2/c1-34-23(15-38-21-4-2-3-19(13-21)25(27,28)29)31-32-24(34)18-5-7-20(8-6-18)36-14-22(30-33-36)17-9-11-35(12-10-17)26-16-37/h2-8,13-14,16-17H,9-12,15H2,1H3. The second kappa shape index (κ2) is 10.8. The highest BCUT2D eigenvalue weighted by Crippen LogP contribution is 2.31.